The Kier molecular flexibility index (Phi) is 2.57. The van der Waals surface area contributed by atoms with Crippen LogP contribution in [0.25, 0.3) is 0 Å². The Labute approximate surface area is 123 Å². The third kappa shape index (κ3) is 1.15. The third-order valence-corrected chi connectivity index (χ3v) is 6.33. The van der Waals surface area contributed by atoms with E-state index in [0.29, 0.717) is 5.06 Å². The van der Waals surface area contributed by atoms with Gasteiger partial charge in [-0.15, -0.1) is 23.2 Å². The van der Waals surface area contributed by atoms with Gasteiger partial charge in [-0.3, -0.25) is 14.4 Å². The van der Waals surface area contributed by atoms with E-state index < -0.39 is 33.4 Å². The Morgan fingerprint density at radius 1 is 1.11 bits per heavy atom. The number of nitrogens with zero attached hydrogens (tertiary/aromatic N) is 1. The van der Waals surface area contributed by atoms with Crippen molar-refractivity contribution in [2.24, 2.45) is 11.8 Å². The lowest BCUT2D eigenvalue weighted by Gasteiger charge is -2.28. The maximum atomic E-state index is 12.1. The highest BCUT2D eigenvalue weighted by molar-refractivity contribution is 6.52. The minimum Gasteiger partial charge on any atom is -0.272 e. The Morgan fingerprint density at radius 3 is 1.83 bits per heavy atom. The van der Waals surface area contributed by atoms with Crippen molar-refractivity contribution in [3.8, 4) is 0 Å². The summed E-state index contributed by atoms with van der Waals surface area (Å²) in [6.07, 6.45) is 0.172. The first kappa shape index (κ1) is 13.0. The van der Waals surface area contributed by atoms with Gasteiger partial charge in [-0.1, -0.05) is 23.2 Å². The molecule has 0 aromatic carbocycles. The fraction of sp³-hybridized carbons (Fsp3) is 0.600. The number of imide groups is 1. The van der Waals surface area contributed by atoms with Crippen molar-refractivity contribution in [3.63, 3.8) is 0 Å². The van der Waals surface area contributed by atoms with Crippen molar-refractivity contribution in [2.75, 3.05) is 7.11 Å². The predicted octanol–water partition coefficient (Wildman–Crippen LogP) is 2.21. The SMILES string of the molecule is CON1C(=O)[C@@H]2[C@H](C1=O)[C@@]1(Cl)C[C@@]2(Cl)C(Cl)=C1Cl. The molecule has 1 heterocycles. The zero-order chi connectivity index (χ0) is 13.5. The summed E-state index contributed by atoms with van der Waals surface area (Å²) >= 11 is 24.9. The van der Waals surface area contributed by atoms with Crippen LogP contribution in [-0.2, 0) is 14.4 Å². The molecule has 0 unspecified atom stereocenters. The van der Waals surface area contributed by atoms with Crippen molar-refractivity contribution in [2.45, 2.75) is 16.2 Å². The number of amides is 2. The molecule has 1 saturated carbocycles. The fourth-order valence-corrected chi connectivity index (χ4v) is 5.05. The average molecular weight is 331 g/mol. The van der Waals surface area contributed by atoms with Crippen LogP contribution >= 0.6 is 46.4 Å². The molecule has 0 aromatic heterocycles. The second-order valence-electron chi connectivity index (χ2n) is 4.64. The smallest absolute Gasteiger partial charge is 0.259 e. The van der Waals surface area contributed by atoms with E-state index in [4.69, 9.17) is 51.2 Å². The summed E-state index contributed by atoms with van der Waals surface area (Å²) in [4.78, 5) is 26.6. The molecule has 1 saturated heterocycles. The summed E-state index contributed by atoms with van der Waals surface area (Å²) in [6, 6.07) is 0. The highest BCUT2D eigenvalue weighted by atomic mass is 35.5. The van der Waals surface area contributed by atoms with E-state index in [2.05, 4.69) is 0 Å². The molecular weight excluding hydrogens is 324 g/mol. The molecule has 3 rings (SSSR count). The molecule has 1 aliphatic heterocycles. The summed E-state index contributed by atoms with van der Waals surface area (Å²) in [6.45, 7) is 0. The van der Waals surface area contributed by atoms with Gasteiger partial charge in [0, 0.05) is 0 Å². The number of carbonyl (C=O) groups excluding carboxylic acids is 2. The fourth-order valence-electron chi connectivity index (χ4n) is 3.13. The van der Waals surface area contributed by atoms with Crippen molar-refractivity contribution >= 4 is 58.2 Å². The van der Waals surface area contributed by atoms with Crippen LogP contribution in [0, 0.1) is 11.8 Å². The number of hydrogen-bond acceptors (Lipinski definition) is 3. The summed E-state index contributed by atoms with van der Waals surface area (Å²) in [5.41, 5.74) is 0. The minimum atomic E-state index is -1.20. The number of fused-ring (bicyclic) bond motifs is 5. The van der Waals surface area contributed by atoms with Crippen LogP contribution in [0.15, 0.2) is 10.1 Å². The Balaban J connectivity index is 2.20. The highest BCUT2D eigenvalue weighted by Crippen LogP contribution is 2.69. The van der Waals surface area contributed by atoms with E-state index in [1.165, 1.54) is 7.11 Å². The first-order chi connectivity index (χ1) is 8.29. The maximum absolute atomic E-state index is 12.1. The average Bonchev–Trinajstić information content (AvgIpc) is 2.78. The monoisotopic (exact) mass is 329 g/mol. The lowest BCUT2D eigenvalue weighted by Crippen LogP contribution is -2.38. The van der Waals surface area contributed by atoms with Crippen LogP contribution in [0.3, 0.4) is 0 Å². The number of halogens is 4. The molecule has 2 amide bonds. The van der Waals surface area contributed by atoms with Gasteiger partial charge in [0.25, 0.3) is 11.8 Å². The molecule has 2 aliphatic carbocycles. The molecule has 8 heteroatoms. The van der Waals surface area contributed by atoms with E-state index in [1.807, 2.05) is 0 Å². The maximum Gasteiger partial charge on any atom is 0.259 e. The number of carbonyl (C=O) groups is 2. The van der Waals surface area contributed by atoms with Gasteiger partial charge < -0.3 is 0 Å². The number of rotatable bonds is 1. The van der Waals surface area contributed by atoms with Crippen LogP contribution in [-0.4, -0.2) is 33.7 Å². The largest absolute Gasteiger partial charge is 0.272 e. The summed E-state index contributed by atoms with van der Waals surface area (Å²) in [5, 5.41) is 0.991. The first-order valence-electron chi connectivity index (χ1n) is 5.15. The predicted molar refractivity (Wildman–Crippen MR) is 66.4 cm³/mol. The number of hydroxylamine groups is 2. The molecule has 0 aromatic rings. The van der Waals surface area contributed by atoms with Crippen molar-refractivity contribution < 1.29 is 14.4 Å². The summed E-state index contributed by atoms with van der Waals surface area (Å²) in [7, 11) is 1.23. The Morgan fingerprint density at radius 2 is 1.50 bits per heavy atom. The second kappa shape index (κ2) is 3.55. The van der Waals surface area contributed by atoms with Gasteiger partial charge in [-0.2, -0.15) is 5.06 Å². The molecule has 2 fully saturated rings. The van der Waals surface area contributed by atoms with Crippen LogP contribution in [0.5, 0.6) is 0 Å². The van der Waals surface area contributed by atoms with Crippen LogP contribution < -0.4 is 0 Å². The highest BCUT2D eigenvalue weighted by Gasteiger charge is 2.76. The normalized spacial score (nSPS) is 46.4. The van der Waals surface area contributed by atoms with E-state index >= 15 is 0 Å². The van der Waals surface area contributed by atoms with Crippen molar-refractivity contribution in [1.82, 2.24) is 5.06 Å². The summed E-state index contributed by atoms with van der Waals surface area (Å²) in [5.74, 6) is -2.68. The molecule has 2 bridgehead atoms. The quantitative estimate of drug-likeness (QED) is 0.547. The van der Waals surface area contributed by atoms with E-state index in [9.17, 15) is 9.59 Å². The lowest BCUT2D eigenvalue weighted by atomic mass is 9.84. The van der Waals surface area contributed by atoms with Gasteiger partial charge >= 0.3 is 0 Å². The topological polar surface area (TPSA) is 46.6 Å². The Bertz CT molecular complexity index is 479. The number of alkyl halides is 2. The van der Waals surface area contributed by atoms with E-state index in [-0.39, 0.29) is 16.5 Å². The van der Waals surface area contributed by atoms with Crippen molar-refractivity contribution in [3.05, 3.63) is 10.1 Å². The molecule has 0 spiro atoms. The molecule has 98 valence electrons. The molecule has 4 atom stereocenters. The van der Waals surface area contributed by atoms with Crippen LogP contribution in [0.1, 0.15) is 6.42 Å². The lowest BCUT2D eigenvalue weighted by molar-refractivity contribution is -0.181. The van der Waals surface area contributed by atoms with Gasteiger partial charge in [-0.05, 0) is 6.42 Å². The second-order valence-corrected chi connectivity index (χ2v) is 6.74. The molecule has 4 nitrogen and oxygen atoms in total. The van der Waals surface area contributed by atoms with E-state index in [0.717, 1.165) is 0 Å². The van der Waals surface area contributed by atoms with Gasteiger partial charge in [0.2, 0.25) is 0 Å². The standard InChI is InChI=1S/C10H7Cl4NO3/c1-18-15-7(16)3-4(8(15)17)10(14)2-9(3,13)5(11)6(10)12/h3-4H,2H2,1H3/t3-,4+,9-,10-/m0/s1. The van der Waals surface area contributed by atoms with Gasteiger partial charge in [0.05, 0.1) is 38.8 Å². The minimum absolute atomic E-state index is 0.154. The van der Waals surface area contributed by atoms with Gasteiger partial charge in [-0.25, -0.2) is 0 Å². The molecule has 0 N–H and O–H groups in total. The van der Waals surface area contributed by atoms with Crippen LogP contribution in [0.4, 0.5) is 0 Å². The summed E-state index contributed by atoms with van der Waals surface area (Å²) < 4.78 is 0. The van der Waals surface area contributed by atoms with Crippen molar-refractivity contribution in [1.29, 1.82) is 0 Å². The molecular formula is C10H7Cl4NO3. The third-order valence-electron chi connectivity index (χ3n) is 3.87. The molecule has 3 aliphatic rings. The van der Waals surface area contributed by atoms with E-state index in [1.54, 1.807) is 0 Å². The number of hydrogen-bond donors (Lipinski definition) is 0. The number of allylic oxidation sites excluding steroid dienone is 2. The Hall–Kier alpha value is -0.000000000000000167. The molecule has 18 heavy (non-hydrogen) atoms. The van der Waals surface area contributed by atoms with Crippen LogP contribution in [0.2, 0.25) is 0 Å². The van der Waals surface area contributed by atoms with Gasteiger partial charge in [0.1, 0.15) is 0 Å². The van der Waals surface area contributed by atoms with Gasteiger partial charge in [0.15, 0.2) is 0 Å². The zero-order valence-corrected chi connectivity index (χ0v) is 12.1. The zero-order valence-electron chi connectivity index (χ0n) is 9.05. The first-order valence-corrected chi connectivity index (χ1v) is 6.66. The molecule has 0 radical (unpaired) electrons.